The molecule has 1 fully saturated rings. The van der Waals surface area contributed by atoms with Crippen LogP contribution in [0.1, 0.15) is 19.3 Å². The van der Waals surface area contributed by atoms with Gasteiger partial charge in [-0.15, -0.1) is 0 Å². The van der Waals surface area contributed by atoms with Crippen LogP contribution in [-0.4, -0.2) is 18.5 Å². The van der Waals surface area contributed by atoms with Gasteiger partial charge in [0.05, 0.1) is 0 Å². The summed E-state index contributed by atoms with van der Waals surface area (Å²) in [5.74, 6) is 2.20. The quantitative estimate of drug-likeness (QED) is 0.780. The first-order chi connectivity index (χ1) is 7.83. The Labute approximate surface area is 94.4 Å². The van der Waals surface area contributed by atoms with Gasteiger partial charge in [-0.2, -0.15) is 0 Å². The summed E-state index contributed by atoms with van der Waals surface area (Å²) in [4.78, 5) is 11.9. The Kier molecular flexibility index (Phi) is 2.31. The summed E-state index contributed by atoms with van der Waals surface area (Å²) >= 11 is 0. The Morgan fingerprint density at radius 3 is 2.75 bits per heavy atom. The molecule has 3 nitrogen and oxygen atoms in total. The molecule has 0 bridgehead atoms. The topological polar surface area (TPSA) is 35.5 Å². The highest BCUT2D eigenvalue weighted by molar-refractivity contribution is 5.84. The molecule has 0 radical (unpaired) electrons. The Morgan fingerprint density at radius 1 is 1.25 bits per heavy atom. The molecule has 3 heteroatoms. The minimum atomic E-state index is -0.407. The van der Waals surface area contributed by atoms with Gasteiger partial charge in [0.15, 0.2) is 23.4 Å². The van der Waals surface area contributed by atoms with E-state index >= 15 is 0 Å². The van der Waals surface area contributed by atoms with Crippen LogP contribution in [0.25, 0.3) is 0 Å². The summed E-state index contributed by atoms with van der Waals surface area (Å²) in [6.45, 7) is 0.350. The fourth-order valence-corrected chi connectivity index (χ4v) is 1.92. The van der Waals surface area contributed by atoms with Gasteiger partial charge in [0.25, 0.3) is 0 Å². The number of Topliss-reactive ketones (excluding diaryl/α,β-unsaturated/α-hetero) is 1. The van der Waals surface area contributed by atoms with Crippen molar-refractivity contribution in [1.29, 1.82) is 0 Å². The van der Waals surface area contributed by atoms with E-state index in [1.807, 2.05) is 24.3 Å². The van der Waals surface area contributed by atoms with Gasteiger partial charge in [-0.3, -0.25) is 4.79 Å². The molecule has 1 atom stereocenters. The minimum Gasteiger partial charge on any atom is -0.485 e. The molecule has 84 valence electrons. The van der Waals surface area contributed by atoms with Crippen LogP contribution >= 0.6 is 0 Å². The first kappa shape index (κ1) is 9.70. The van der Waals surface area contributed by atoms with E-state index in [4.69, 9.17) is 9.47 Å². The molecule has 1 aromatic rings. The van der Waals surface area contributed by atoms with Gasteiger partial charge < -0.3 is 9.47 Å². The molecule has 1 aliphatic heterocycles. The van der Waals surface area contributed by atoms with E-state index in [1.165, 1.54) is 12.8 Å². The highest BCUT2D eigenvalue weighted by Crippen LogP contribution is 2.35. The van der Waals surface area contributed by atoms with E-state index < -0.39 is 6.10 Å². The highest BCUT2D eigenvalue weighted by atomic mass is 16.6. The van der Waals surface area contributed by atoms with Crippen molar-refractivity contribution in [2.45, 2.75) is 25.4 Å². The SMILES string of the molecule is O=C(CC1CC1)C1COc2ccccc2O1. The first-order valence-corrected chi connectivity index (χ1v) is 5.74. The number of ether oxygens (including phenoxy) is 2. The molecule has 1 unspecified atom stereocenters. The van der Waals surface area contributed by atoms with Crippen LogP contribution in [0.5, 0.6) is 11.5 Å². The van der Waals surface area contributed by atoms with Crippen molar-refractivity contribution in [3.8, 4) is 11.5 Å². The summed E-state index contributed by atoms with van der Waals surface area (Å²) in [5.41, 5.74) is 0. The predicted octanol–water partition coefficient (Wildman–Crippen LogP) is 2.20. The van der Waals surface area contributed by atoms with Crippen LogP contribution in [0.15, 0.2) is 24.3 Å². The van der Waals surface area contributed by atoms with Crippen LogP contribution in [0, 0.1) is 5.92 Å². The van der Waals surface area contributed by atoms with E-state index in [2.05, 4.69) is 0 Å². The molecule has 0 aromatic heterocycles. The standard InChI is InChI=1S/C13H14O3/c14-10(7-9-5-6-9)13-8-15-11-3-1-2-4-12(11)16-13/h1-4,9,13H,5-8H2. The summed E-state index contributed by atoms with van der Waals surface area (Å²) in [6.07, 6.45) is 2.62. The summed E-state index contributed by atoms with van der Waals surface area (Å²) in [7, 11) is 0. The molecule has 1 heterocycles. The van der Waals surface area contributed by atoms with Gasteiger partial charge in [-0.1, -0.05) is 12.1 Å². The van der Waals surface area contributed by atoms with Crippen molar-refractivity contribution in [3.05, 3.63) is 24.3 Å². The van der Waals surface area contributed by atoms with Crippen LogP contribution in [-0.2, 0) is 4.79 Å². The van der Waals surface area contributed by atoms with Gasteiger partial charge >= 0.3 is 0 Å². The van der Waals surface area contributed by atoms with Crippen molar-refractivity contribution in [1.82, 2.24) is 0 Å². The molecule has 1 aromatic carbocycles. The van der Waals surface area contributed by atoms with Crippen LogP contribution in [0.3, 0.4) is 0 Å². The van der Waals surface area contributed by atoms with E-state index in [-0.39, 0.29) is 5.78 Å². The zero-order chi connectivity index (χ0) is 11.0. The largest absolute Gasteiger partial charge is 0.485 e. The molecule has 0 amide bonds. The molecular weight excluding hydrogens is 204 g/mol. The van der Waals surface area contributed by atoms with Gasteiger partial charge in [-0.25, -0.2) is 0 Å². The number of hydrogen-bond donors (Lipinski definition) is 0. The molecule has 1 aliphatic carbocycles. The monoisotopic (exact) mass is 218 g/mol. The lowest BCUT2D eigenvalue weighted by Gasteiger charge is -2.25. The minimum absolute atomic E-state index is 0.178. The molecular formula is C13H14O3. The lowest BCUT2D eigenvalue weighted by molar-refractivity contribution is -0.128. The molecule has 0 N–H and O–H groups in total. The number of hydrogen-bond acceptors (Lipinski definition) is 3. The van der Waals surface area contributed by atoms with Gasteiger partial charge in [0.2, 0.25) is 0 Å². The molecule has 3 rings (SSSR count). The zero-order valence-electron chi connectivity index (χ0n) is 9.02. The molecule has 1 saturated carbocycles. The normalized spacial score (nSPS) is 22.9. The number of rotatable bonds is 3. The van der Waals surface area contributed by atoms with Crippen molar-refractivity contribution in [2.24, 2.45) is 5.92 Å². The van der Waals surface area contributed by atoms with E-state index in [9.17, 15) is 4.79 Å². The lowest BCUT2D eigenvalue weighted by atomic mass is 10.1. The summed E-state index contributed by atoms with van der Waals surface area (Å²) in [5, 5.41) is 0. The third-order valence-electron chi connectivity index (χ3n) is 3.05. The summed E-state index contributed by atoms with van der Waals surface area (Å²) < 4.78 is 11.2. The second-order valence-corrected chi connectivity index (χ2v) is 4.48. The number of para-hydroxylation sites is 2. The number of carbonyl (C=O) groups excluding carboxylic acids is 1. The fraction of sp³-hybridized carbons (Fsp3) is 0.462. The maximum atomic E-state index is 11.9. The average Bonchev–Trinajstić information content (AvgIpc) is 3.12. The third-order valence-corrected chi connectivity index (χ3v) is 3.05. The second-order valence-electron chi connectivity index (χ2n) is 4.48. The van der Waals surface area contributed by atoms with Crippen molar-refractivity contribution >= 4 is 5.78 Å². The van der Waals surface area contributed by atoms with Crippen LogP contribution in [0.2, 0.25) is 0 Å². The van der Waals surface area contributed by atoms with Crippen LogP contribution in [0.4, 0.5) is 0 Å². The maximum absolute atomic E-state index is 11.9. The fourth-order valence-electron chi connectivity index (χ4n) is 1.92. The van der Waals surface area contributed by atoms with E-state index in [0.29, 0.717) is 24.7 Å². The van der Waals surface area contributed by atoms with Crippen LogP contribution < -0.4 is 9.47 Å². The number of fused-ring (bicyclic) bond motifs is 1. The first-order valence-electron chi connectivity index (χ1n) is 5.74. The molecule has 2 aliphatic rings. The molecule has 0 spiro atoms. The predicted molar refractivity (Wildman–Crippen MR) is 58.7 cm³/mol. The zero-order valence-corrected chi connectivity index (χ0v) is 9.02. The molecule has 16 heavy (non-hydrogen) atoms. The number of carbonyl (C=O) groups is 1. The van der Waals surface area contributed by atoms with E-state index in [1.54, 1.807) is 0 Å². The van der Waals surface area contributed by atoms with Crippen molar-refractivity contribution < 1.29 is 14.3 Å². The Bertz CT molecular complexity index is 409. The second kappa shape index (κ2) is 3.81. The lowest BCUT2D eigenvalue weighted by Crippen LogP contribution is -2.36. The van der Waals surface area contributed by atoms with Gasteiger partial charge in [0, 0.05) is 6.42 Å². The Balaban J connectivity index is 1.69. The van der Waals surface area contributed by atoms with Gasteiger partial charge in [-0.05, 0) is 30.9 Å². The third kappa shape index (κ3) is 1.90. The molecule has 0 saturated heterocycles. The van der Waals surface area contributed by atoms with Crippen molar-refractivity contribution in [3.63, 3.8) is 0 Å². The Morgan fingerprint density at radius 2 is 2.00 bits per heavy atom. The maximum Gasteiger partial charge on any atom is 0.190 e. The van der Waals surface area contributed by atoms with E-state index in [0.717, 1.165) is 5.75 Å². The number of ketones is 1. The average molecular weight is 218 g/mol. The highest BCUT2D eigenvalue weighted by Gasteiger charge is 2.32. The van der Waals surface area contributed by atoms with Gasteiger partial charge in [0.1, 0.15) is 6.61 Å². The number of benzene rings is 1. The van der Waals surface area contributed by atoms with Crippen molar-refractivity contribution in [2.75, 3.05) is 6.61 Å². The Hall–Kier alpha value is -1.51. The summed E-state index contributed by atoms with van der Waals surface area (Å²) in [6, 6.07) is 7.48. The smallest absolute Gasteiger partial charge is 0.190 e.